The standard InChI is InChI=1S/C28H35NO/c1-22(14-10-18-27(30)29-25-16-7-6-8-17-25)12-9-13-23(2)19-20-26-24(3)15-11-21-28(26,4)5/h6-10,12-14,16-20H,11,15,21H2,1-5H3,(H,29,30)/b12-9+,18-10+,20-19+,22-14+,23-13+. The van der Waals surface area contributed by atoms with Crippen LogP contribution in [-0.4, -0.2) is 5.91 Å². The first-order chi connectivity index (χ1) is 14.3. The maximum absolute atomic E-state index is 11.9. The van der Waals surface area contributed by atoms with Crippen LogP contribution in [0.15, 0.2) is 101 Å². The third kappa shape index (κ3) is 7.87. The first-order valence-corrected chi connectivity index (χ1v) is 10.7. The van der Waals surface area contributed by atoms with Crippen LogP contribution in [0.1, 0.15) is 53.9 Å². The lowest BCUT2D eigenvalue weighted by atomic mass is 9.72. The molecule has 0 radical (unpaired) electrons. The van der Waals surface area contributed by atoms with Crippen molar-refractivity contribution in [2.24, 2.45) is 5.41 Å². The van der Waals surface area contributed by atoms with Gasteiger partial charge in [0.05, 0.1) is 0 Å². The van der Waals surface area contributed by atoms with E-state index in [-0.39, 0.29) is 11.3 Å². The summed E-state index contributed by atoms with van der Waals surface area (Å²) in [6.07, 6.45) is 19.7. The number of rotatable bonds is 7. The van der Waals surface area contributed by atoms with Crippen LogP contribution in [-0.2, 0) is 4.79 Å². The van der Waals surface area contributed by atoms with Crippen molar-refractivity contribution in [3.05, 3.63) is 101 Å². The van der Waals surface area contributed by atoms with Gasteiger partial charge in [-0.25, -0.2) is 0 Å². The molecule has 0 aromatic heterocycles. The molecule has 30 heavy (non-hydrogen) atoms. The van der Waals surface area contributed by atoms with Gasteiger partial charge >= 0.3 is 0 Å². The van der Waals surface area contributed by atoms with E-state index in [1.54, 1.807) is 6.08 Å². The molecule has 0 unspecified atom stereocenters. The van der Waals surface area contributed by atoms with Crippen LogP contribution in [0, 0.1) is 5.41 Å². The van der Waals surface area contributed by atoms with Gasteiger partial charge in [0.2, 0.25) is 5.91 Å². The number of anilines is 1. The monoisotopic (exact) mass is 401 g/mol. The summed E-state index contributed by atoms with van der Waals surface area (Å²) in [6.45, 7) is 11.1. The van der Waals surface area contributed by atoms with E-state index in [9.17, 15) is 4.79 Å². The Hall–Kier alpha value is -2.87. The number of amides is 1. The van der Waals surface area contributed by atoms with Crippen molar-refractivity contribution in [3.63, 3.8) is 0 Å². The van der Waals surface area contributed by atoms with Crippen molar-refractivity contribution >= 4 is 11.6 Å². The molecule has 0 saturated heterocycles. The predicted molar refractivity (Wildman–Crippen MR) is 130 cm³/mol. The zero-order valence-corrected chi connectivity index (χ0v) is 19.0. The highest BCUT2D eigenvalue weighted by atomic mass is 16.1. The summed E-state index contributed by atoms with van der Waals surface area (Å²) in [7, 11) is 0. The molecule has 2 rings (SSSR count). The highest BCUT2D eigenvalue weighted by Gasteiger charge is 2.26. The molecule has 2 heteroatoms. The Labute approximate surface area is 182 Å². The third-order valence-electron chi connectivity index (χ3n) is 5.42. The quantitative estimate of drug-likeness (QED) is 0.368. The van der Waals surface area contributed by atoms with Gasteiger partial charge < -0.3 is 5.32 Å². The fourth-order valence-corrected chi connectivity index (χ4v) is 3.68. The summed E-state index contributed by atoms with van der Waals surface area (Å²) in [6, 6.07) is 9.45. The molecule has 1 amide bonds. The molecule has 0 saturated carbocycles. The van der Waals surface area contributed by atoms with Gasteiger partial charge in [0.15, 0.2) is 0 Å². The first kappa shape index (κ1) is 23.4. The number of carbonyl (C=O) groups excluding carboxylic acids is 1. The molecule has 1 aromatic carbocycles. The molecular weight excluding hydrogens is 366 g/mol. The van der Waals surface area contributed by atoms with Crippen molar-refractivity contribution in [1.29, 1.82) is 0 Å². The van der Waals surface area contributed by atoms with Crippen LogP contribution in [0.25, 0.3) is 0 Å². The third-order valence-corrected chi connectivity index (χ3v) is 5.42. The minimum absolute atomic E-state index is 0.134. The number of allylic oxidation sites excluding steroid dienone is 11. The number of carbonyl (C=O) groups is 1. The van der Waals surface area contributed by atoms with Gasteiger partial charge in [0, 0.05) is 11.8 Å². The molecule has 2 nitrogen and oxygen atoms in total. The molecule has 1 aliphatic rings. The summed E-state index contributed by atoms with van der Waals surface area (Å²) >= 11 is 0. The SMILES string of the molecule is CC1=C(/C=C/C(C)=C/C=C/C(C)=C/C=C/C(=O)Nc2ccccc2)C(C)(C)CCC1. The summed E-state index contributed by atoms with van der Waals surface area (Å²) in [4.78, 5) is 11.9. The second kappa shape index (κ2) is 11.3. The van der Waals surface area contributed by atoms with Gasteiger partial charge in [0.25, 0.3) is 0 Å². The topological polar surface area (TPSA) is 29.1 Å². The van der Waals surface area contributed by atoms with E-state index in [0.717, 1.165) is 11.3 Å². The largest absolute Gasteiger partial charge is 0.323 e. The fraction of sp³-hybridized carbons (Fsp3) is 0.321. The van der Waals surface area contributed by atoms with Crippen LogP contribution in [0.3, 0.4) is 0 Å². The number of benzene rings is 1. The lowest BCUT2D eigenvalue weighted by Crippen LogP contribution is -2.19. The molecule has 0 bridgehead atoms. The Morgan fingerprint density at radius 3 is 2.27 bits per heavy atom. The minimum atomic E-state index is -0.134. The molecule has 1 N–H and O–H groups in total. The Kier molecular flexibility index (Phi) is 8.86. The Morgan fingerprint density at radius 1 is 0.967 bits per heavy atom. The van der Waals surface area contributed by atoms with Crippen LogP contribution in [0.5, 0.6) is 0 Å². The first-order valence-electron chi connectivity index (χ1n) is 10.7. The number of nitrogens with one attached hydrogen (secondary N) is 1. The van der Waals surface area contributed by atoms with E-state index in [1.165, 1.54) is 42.1 Å². The van der Waals surface area contributed by atoms with E-state index >= 15 is 0 Å². The van der Waals surface area contributed by atoms with Gasteiger partial charge in [-0.1, -0.05) is 91.3 Å². The van der Waals surface area contributed by atoms with Gasteiger partial charge in [-0.15, -0.1) is 0 Å². The highest BCUT2D eigenvalue weighted by molar-refractivity contribution is 5.99. The Bertz CT molecular complexity index is 905. The fourth-order valence-electron chi connectivity index (χ4n) is 3.68. The predicted octanol–water partition coefficient (Wildman–Crippen LogP) is 7.71. The highest BCUT2D eigenvalue weighted by Crippen LogP contribution is 2.40. The van der Waals surface area contributed by atoms with E-state index in [4.69, 9.17) is 0 Å². The van der Waals surface area contributed by atoms with Crippen LogP contribution in [0.4, 0.5) is 5.69 Å². The van der Waals surface area contributed by atoms with Crippen molar-refractivity contribution in [3.8, 4) is 0 Å². The van der Waals surface area contributed by atoms with Crippen molar-refractivity contribution in [2.75, 3.05) is 5.32 Å². The van der Waals surface area contributed by atoms with E-state index in [2.05, 4.69) is 57.3 Å². The lowest BCUT2D eigenvalue weighted by molar-refractivity contribution is -0.111. The van der Waals surface area contributed by atoms with Gasteiger partial charge in [-0.3, -0.25) is 4.79 Å². The molecule has 1 aromatic rings. The molecule has 0 fully saturated rings. The summed E-state index contributed by atoms with van der Waals surface area (Å²) < 4.78 is 0. The number of hydrogen-bond donors (Lipinski definition) is 1. The van der Waals surface area contributed by atoms with Crippen molar-refractivity contribution in [1.82, 2.24) is 0 Å². The van der Waals surface area contributed by atoms with Crippen LogP contribution >= 0.6 is 0 Å². The molecule has 0 aliphatic heterocycles. The summed E-state index contributed by atoms with van der Waals surface area (Å²) in [5.74, 6) is -0.134. The summed E-state index contributed by atoms with van der Waals surface area (Å²) in [5.41, 5.74) is 6.38. The van der Waals surface area contributed by atoms with Crippen molar-refractivity contribution in [2.45, 2.75) is 53.9 Å². The normalized spacial score (nSPS) is 18.0. The van der Waals surface area contributed by atoms with E-state index < -0.39 is 0 Å². The zero-order chi connectivity index (χ0) is 22.0. The minimum Gasteiger partial charge on any atom is -0.323 e. The maximum Gasteiger partial charge on any atom is 0.248 e. The van der Waals surface area contributed by atoms with Gasteiger partial charge in [-0.05, 0) is 63.2 Å². The number of hydrogen-bond acceptors (Lipinski definition) is 1. The second-order valence-electron chi connectivity index (χ2n) is 8.66. The number of para-hydroxylation sites is 1. The van der Waals surface area contributed by atoms with Crippen LogP contribution in [0.2, 0.25) is 0 Å². The molecular formula is C28H35NO. The molecule has 0 spiro atoms. The van der Waals surface area contributed by atoms with Crippen LogP contribution < -0.4 is 5.32 Å². The summed E-state index contributed by atoms with van der Waals surface area (Å²) in [5, 5.41) is 2.83. The Morgan fingerprint density at radius 2 is 1.60 bits per heavy atom. The van der Waals surface area contributed by atoms with Crippen molar-refractivity contribution < 1.29 is 4.79 Å². The molecule has 158 valence electrons. The molecule has 0 atom stereocenters. The van der Waals surface area contributed by atoms with E-state index in [1.807, 2.05) is 49.4 Å². The zero-order valence-electron chi connectivity index (χ0n) is 19.0. The molecule has 0 heterocycles. The smallest absolute Gasteiger partial charge is 0.248 e. The average Bonchev–Trinajstić information content (AvgIpc) is 2.68. The molecule has 1 aliphatic carbocycles. The second-order valence-corrected chi connectivity index (χ2v) is 8.66. The average molecular weight is 402 g/mol. The van der Waals surface area contributed by atoms with Gasteiger partial charge in [-0.2, -0.15) is 0 Å². The van der Waals surface area contributed by atoms with E-state index in [0.29, 0.717) is 0 Å². The lowest BCUT2D eigenvalue weighted by Gasteiger charge is -2.32. The van der Waals surface area contributed by atoms with Gasteiger partial charge in [0.1, 0.15) is 0 Å². The Balaban J connectivity index is 1.89. The maximum atomic E-state index is 11.9.